The third kappa shape index (κ3) is 4.84. The van der Waals surface area contributed by atoms with E-state index in [2.05, 4.69) is 0 Å². The van der Waals surface area contributed by atoms with Crippen LogP contribution in [0, 0.1) is 5.21 Å². The smallest absolute Gasteiger partial charge is 0.304 e. The van der Waals surface area contributed by atoms with E-state index < -0.39 is 5.97 Å². The third-order valence-electron chi connectivity index (χ3n) is 3.40. The number of benzene rings is 1. The van der Waals surface area contributed by atoms with Gasteiger partial charge in [-0.1, -0.05) is 17.7 Å². The number of aliphatic carboxylic acids is 1. The Hall–Kier alpha value is -2.31. The van der Waals surface area contributed by atoms with Crippen LogP contribution in [0.4, 0.5) is 0 Å². The first-order chi connectivity index (χ1) is 11.0. The highest BCUT2D eigenvalue weighted by Gasteiger charge is 2.16. The fourth-order valence-corrected chi connectivity index (χ4v) is 2.31. The van der Waals surface area contributed by atoms with Gasteiger partial charge in [-0.25, -0.2) is 0 Å². The Morgan fingerprint density at radius 1 is 1.35 bits per heavy atom. The molecule has 0 unspecified atom stereocenters. The van der Waals surface area contributed by atoms with Crippen LogP contribution in [-0.2, 0) is 11.4 Å². The van der Waals surface area contributed by atoms with Crippen LogP contribution < -0.4 is 15.2 Å². The predicted octanol–water partition coefficient (Wildman–Crippen LogP) is 2.07. The zero-order chi connectivity index (χ0) is 16.8. The van der Waals surface area contributed by atoms with Gasteiger partial charge in [0.05, 0.1) is 11.4 Å². The second-order valence-electron chi connectivity index (χ2n) is 5.08. The van der Waals surface area contributed by atoms with Gasteiger partial charge in [-0.3, -0.25) is 4.79 Å². The van der Waals surface area contributed by atoms with E-state index in [0.717, 1.165) is 11.1 Å². The standard InChI is InChI=1S/C16H17ClN2O4/c17-14-2-1-12(13(9-18)8-16(20)21)7-15(14)23-10-11-3-5-19(22)6-4-11/h1-7,13H,8-10,18H2,(H,20,21)/t13-/m0/s1. The molecule has 6 nitrogen and oxygen atoms in total. The van der Waals surface area contributed by atoms with Gasteiger partial charge < -0.3 is 20.8 Å². The van der Waals surface area contributed by atoms with Crippen molar-refractivity contribution in [1.29, 1.82) is 0 Å². The molecule has 0 fully saturated rings. The van der Waals surface area contributed by atoms with Gasteiger partial charge in [-0.15, -0.1) is 0 Å². The molecule has 122 valence electrons. The van der Waals surface area contributed by atoms with E-state index in [0.29, 0.717) is 15.5 Å². The molecular formula is C16H17ClN2O4. The SMILES string of the molecule is NC[C@H](CC(=O)O)c1ccc(Cl)c(OCc2cc[n+]([O-])cc2)c1. The average Bonchev–Trinajstić information content (AvgIpc) is 2.53. The number of rotatable bonds is 7. The van der Waals surface area contributed by atoms with Crippen LogP contribution in [0.2, 0.25) is 5.02 Å². The van der Waals surface area contributed by atoms with Crippen molar-refractivity contribution < 1.29 is 19.4 Å². The fraction of sp³-hybridized carbons (Fsp3) is 0.250. The Kier molecular flexibility index (Phi) is 5.78. The highest BCUT2D eigenvalue weighted by atomic mass is 35.5. The van der Waals surface area contributed by atoms with E-state index >= 15 is 0 Å². The summed E-state index contributed by atoms with van der Waals surface area (Å²) in [6.07, 6.45) is 2.71. The van der Waals surface area contributed by atoms with Crippen LogP contribution in [0.1, 0.15) is 23.5 Å². The summed E-state index contributed by atoms with van der Waals surface area (Å²) in [5, 5.41) is 20.3. The Morgan fingerprint density at radius 2 is 2.04 bits per heavy atom. The zero-order valence-corrected chi connectivity index (χ0v) is 13.1. The number of halogens is 1. The van der Waals surface area contributed by atoms with Crippen molar-refractivity contribution in [2.24, 2.45) is 5.73 Å². The maximum absolute atomic E-state index is 11.0. The van der Waals surface area contributed by atoms with Gasteiger partial charge in [0.2, 0.25) is 0 Å². The van der Waals surface area contributed by atoms with Crippen LogP contribution >= 0.6 is 11.6 Å². The quantitative estimate of drug-likeness (QED) is 0.595. The number of nitrogens with two attached hydrogens (primary N) is 1. The Balaban J connectivity index is 2.13. The fourth-order valence-electron chi connectivity index (χ4n) is 2.13. The van der Waals surface area contributed by atoms with E-state index in [1.807, 2.05) is 0 Å². The van der Waals surface area contributed by atoms with Crippen molar-refractivity contribution in [2.75, 3.05) is 6.54 Å². The minimum absolute atomic E-state index is 0.0558. The summed E-state index contributed by atoms with van der Waals surface area (Å²) >= 11 is 6.11. The molecule has 7 heteroatoms. The Bertz CT molecular complexity index is 676. The number of pyridine rings is 1. The number of hydrogen-bond donors (Lipinski definition) is 2. The summed E-state index contributed by atoms with van der Waals surface area (Å²) in [5.74, 6) is -0.761. The van der Waals surface area contributed by atoms with Gasteiger partial charge >= 0.3 is 5.97 Å². The van der Waals surface area contributed by atoms with E-state index in [1.54, 1.807) is 30.3 Å². The lowest BCUT2D eigenvalue weighted by molar-refractivity contribution is -0.605. The number of ether oxygens (including phenoxy) is 1. The number of carboxylic acids is 1. The lowest BCUT2D eigenvalue weighted by Gasteiger charge is -2.15. The normalized spacial score (nSPS) is 11.9. The summed E-state index contributed by atoms with van der Waals surface area (Å²) in [5.41, 5.74) is 7.23. The molecule has 0 spiro atoms. The summed E-state index contributed by atoms with van der Waals surface area (Å²) in [4.78, 5) is 10.9. The molecule has 1 heterocycles. The maximum atomic E-state index is 11.0. The number of carboxylic acid groups (broad SMARTS) is 1. The number of carbonyl (C=O) groups is 1. The Labute approximate surface area is 138 Å². The average molecular weight is 337 g/mol. The van der Waals surface area contributed by atoms with E-state index in [4.69, 9.17) is 27.2 Å². The van der Waals surface area contributed by atoms with Gasteiger partial charge in [0.15, 0.2) is 12.4 Å². The Morgan fingerprint density at radius 3 is 2.65 bits per heavy atom. The lowest BCUT2D eigenvalue weighted by Crippen LogP contribution is -2.23. The molecule has 1 aromatic heterocycles. The molecule has 1 atom stereocenters. The van der Waals surface area contributed by atoms with Crippen molar-refractivity contribution in [3.05, 3.63) is 64.1 Å². The van der Waals surface area contributed by atoms with Crippen molar-refractivity contribution in [1.82, 2.24) is 0 Å². The molecule has 0 aliphatic heterocycles. The van der Waals surface area contributed by atoms with Gasteiger partial charge in [0, 0.05) is 23.6 Å². The monoisotopic (exact) mass is 336 g/mol. The van der Waals surface area contributed by atoms with Crippen LogP contribution in [0.3, 0.4) is 0 Å². The molecule has 0 saturated heterocycles. The molecule has 2 aromatic rings. The van der Waals surface area contributed by atoms with Crippen molar-refractivity contribution >= 4 is 17.6 Å². The van der Waals surface area contributed by atoms with E-state index in [9.17, 15) is 10.0 Å². The molecule has 0 amide bonds. The lowest BCUT2D eigenvalue weighted by atomic mass is 9.96. The number of hydrogen-bond acceptors (Lipinski definition) is 4. The molecule has 23 heavy (non-hydrogen) atoms. The van der Waals surface area contributed by atoms with Crippen LogP contribution in [0.5, 0.6) is 5.75 Å². The first-order valence-electron chi connectivity index (χ1n) is 7.01. The second-order valence-corrected chi connectivity index (χ2v) is 5.48. The summed E-state index contributed by atoms with van der Waals surface area (Å²) in [7, 11) is 0. The number of nitrogens with zero attached hydrogens (tertiary/aromatic N) is 1. The first kappa shape index (κ1) is 17.1. The number of aromatic nitrogens is 1. The molecule has 0 saturated carbocycles. The highest BCUT2D eigenvalue weighted by molar-refractivity contribution is 6.32. The molecule has 0 aliphatic carbocycles. The third-order valence-corrected chi connectivity index (χ3v) is 3.71. The molecule has 1 aromatic carbocycles. The highest BCUT2D eigenvalue weighted by Crippen LogP contribution is 2.30. The van der Waals surface area contributed by atoms with Crippen molar-refractivity contribution in [2.45, 2.75) is 18.9 Å². The topological polar surface area (TPSA) is 99.5 Å². The molecular weight excluding hydrogens is 320 g/mol. The second kappa shape index (κ2) is 7.80. The van der Waals surface area contributed by atoms with Gasteiger partial charge in [0.1, 0.15) is 12.4 Å². The first-order valence-corrected chi connectivity index (χ1v) is 7.39. The molecule has 0 aliphatic rings. The van der Waals surface area contributed by atoms with Crippen molar-refractivity contribution in [3.8, 4) is 5.75 Å². The van der Waals surface area contributed by atoms with Crippen LogP contribution in [0.15, 0.2) is 42.7 Å². The van der Waals surface area contributed by atoms with Gasteiger partial charge in [0.25, 0.3) is 0 Å². The van der Waals surface area contributed by atoms with Gasteiger partial charge in [-0.2, -0.15) is 4.73 Å². The molecule has 0 radical (unpaired) electrons. The zero-order valence-electron chi connectivity index (χ0n) is 12.3. The molecule has 3 N–H and O–H groups in total. The predicted molar refractivity (Wildman–Crippen MR) is 85.2 cm³/mol. The van der Waals surface area contributed by atoms with Crippen LogP contribution in [0.25, 0.3) is 0 Å². The minimum atomic E-state index is -0.909. The maximum Gasteiger partial charge on any atom is 0.304 e. The van der Waals surface area contributed by atoms with Crippen LogP contribution in [-0.4, -0.2) is 17.6 Å². The summed E-state index contributed by atoms with van der Waals surface area (Å²) in [6, 6.07) is 8.42. The largest absolute Gasteiger partial charge is 0.619 e. The van der Waals surface area contributed by atoms with Gasteiger partial charge in [-0.05, 0) is 24.2 Å². The van der Waals surface area contributed by atoms with E-state index in [1.165, 1.54) is 12.4 Å². The van der Waals surface area contributed by atoms with Crippen molar-refractivity contribution in [3.63, 3.8) is 0 Å². The van der Waals surface area contributed by atoms with E-state index in [-0.39, 0.29) is 25.5 Å². The minimum Gasteiger partial charge on any atom is -0.619 e. The summed E-state index contributed by atoms with van der Waals surface area (Å²) in [6.45, 7) is 0.464. The molecule has 0 bridgehead atoms. The summed E-state index contributed by atoms with van der Waals surface area (Å²) < 4.78 is 6.36. The molecule has 2 rings (SSSR count).